The molecule has 0 bridgehead atoms. The number of rotatable bonds is 5. The Labute approximate surface area is 109 Å². The van der Waals surface area contributed by atoms with Crippen molar-refractivity contribution in [3.8, 4) is 0 Å². The molecule has 0 unspecified atom stereocenters. The Morgan fingerprint density at radius 1 is 1.56 bits per heavy atom. The Balaban J connectivity index is 2.75. The summed E-state index contributed by atoms with van der Waals surface area (Å²) in [6.07, 6.45) is 0. The fourth-order valence-corrected chi connectivity index (χ4v) is 2.77. The third-order valence-electron chi connectivity index (χ3n) is 2.17. The lowest BCUT2D eigenvalue weighted by Crippen LogP contribution is -2.35. The van der Waals surface area contributed by atoms with E-state index in [9.17, 15) is 4.79 Å². The molecule has 16 heavy (non-hydrogen) atoms. The van der Waals surface area contributed by atoms with Crippen LogP contribution in [-0.2, 0) is 11.3 Å². The molecule has 0 saturated carbocycles. The molecule has 0 amide bonds. The van der Waals surface area contributed by atoms with Crippen LogP contribution in [0.25, 0.3) is 0 Å². The Bertz CT molecular complexity index is 379. The second-order valence-corrected chi connectivity index (χ2v) is 6.03. The molecule has 0 spiro atoms. The second-order valence-electron chi connectivity index (χ2n) is 3.74. The second kappa shape index (κ2) is 5.87. The van der Waals surface area contributed by atoms with E-state index in [0.717, 1.165) is 5.56 Å². The summed E-state index contributed by atoms with van der Waals surface area (Å²) < 4.78 is 1.25. The highest BCUT2D eigenvalue weighted by Gasteiger charge is 2.16. The van der Waals surface area contributed by atoms with Gasteiger partial charge < -0.3 is 5.11 Å². The van der Waals surface area contributed by atoms with E-state index in [1.54, 1.807) is 6.07 Å². The molecule has 90 valence electrons. The number of thiophene rings is 1. The minimum atomic E-state index is -0.842. The molecule has 1 aromatic heterocycles. The number of hydrogen-bond acceptors (Lipinski definition) is 3. The molecule has 0 aliphatic rings. The van der Waals surface area contributed by atoms with E-state index >= 15 is 0 Å². The Morgan fingerprint density at radius 3 is 2.56 bits per heavy atom. The van der Waals surface area contributed by atoms with Crippen LogP contribution in [0.1, 0.15) is 19.4 Å². The summed E-state index contributed by atoms with van der Waals surface area (Å²) >= 11 is 13.1. The molecule has 0 fully saturated rings. The fourth-order valence-electron chi connectivity index (χ4n) is 1.30. The van der Waals surface area contributed by atoms with Gasteiger partial charge in [-0.1, -0.05) is 23.2 Å². The highest BCUT2D eigenvalue weighted by atomic mass is 35.5. The van der Waals surface area contributed by atoms with Crippen molar-refractivity contribution in [2.45, 2.75) is 26.4 Å². The van der Waals surface area contributed by atoms with Crippen LogP contribution >= 0.6 is 34.5 Å². The standard InChI is InChI=1S/C10H13Cl2NO2S/c1-6(2)13(5-9(14)15)4-7-3-8(11)16-10(7)12/h3,6H,4-5H2,1-2H3,(H,14,15). The van der Waals surface area contributed by atoms with E-state index in [-0.39, 0.29) is 12.6 Å². The van der Waals surface area contributed by atoms with Crippen molar-refractivity contribution in [1.82, 2.24) is 4.90 Å². The van der Waals surface area contributed by atoms with Crippen molar-refractivity contribution in [2.75, 3.05) is 6.54 Å². The molecule has 0 aliphatic carbocycles. The summed E-state index contributed by atoms with van der Waals surface area (Å²) in [7, 11) is 0. The van der Waals surface area contributed by atoms with E-state index in [1.807, 2.05) is 18.7 Å². The van der Waals surface area contributed by atoms with Crippen LogP contribution in [0.5, 0.6) is 0 Å². The zero-order valence-electron chi connectivity index (χ0n) is 9.04. The van der Waals surface area contributed by atoms with Gasteiger partial charge in [-0.2, -0.15) is 0 Å². The summed E-state index contributed by atoms with van der Waals surface area (Å²) in [6, 6.07) is 1.93. The number of halogens is 2. The lowest BCUT2D eigenvalue weighted by Gasteiger charge is -2.24. The quantitative estimate of drug-likeness (QED) is 0.900. The predicted octanol–water partition coefficient (Wildman–Crippen LogP) is 3.35. The summed E-state index contributed by atoms with van der Waals surface area (Å²) in [5.74, 6) is -0.842. The monoisotopic (exact) mass is 281 g/mol. The molecule has 1 N–H and O–H groups in total. The van der Waals surface area contributed by atoms with Crippen molar-refractivity contribution in [1.29, 1.82) is 0 Å². The SMILES string of the molecule is CC(C)N(CC(=O)O)Cc1cc(Cl)sc1Cl. The summed E-state index contributed by atoms with van der Waals surface area (Å²) in [5.41, 5.74) is 0.881. The molecule has 0 aromatic carbocycles. The van der Waals surface area contributed by atoms with E-state index in [2.05, 4.69) is 0 Å². The van der Waals surface area contributed by atoms with E-state index < -0.39 is 5.97 Å². The lowest BCUT2D eigenvalue weighted by atomic mass is 10.2. The van der Waals surface area contributed by atoms with Gasteiger partial charge in [0, 0.05) is 12.6 Å². The zero-order valence-corrected chi connectivity index (χ0v) is 11.4. The van der Waals surface area contributed by atoms with Crippen molar-refractivity contribution in [3.05, 3.63) is 20.3 Å². The van der Waals surface area contributed by atoms with Gasteiger partial charge in [0.1, 0.15) is 0 Å². The maximum atomic E-state index is 10.7. The number of aliphatic carboxylic acids is 1. The predicted molar refractivity (Wildman–Crippen MR) is 67.5 cm³/mol. The molecule has 1 aromatic rings. The van der Waals surface area contributed by atoms with Crippen molar-refractivity contribution >= 4 is 40.5 Å². The highest BCUT2D eigenvalue weighted by molar-refractivity contribution is 7.20. The van der Waals surface area contributed by atoms with E-state index in [4.69, 9.17) is 28.3 Å². The average Bonchev–Trinajstić information content (AvgIpc) is 2.43. The van der Waals surface area contributed by atoms with Crippen LogP contribution in [0, 0.1) is 0 Å². The molecule has 3 nitrogen and oxygen atoms in total. The Hall–Kier alpha value is -0.290. The van der Waals surface area contributed by atoms with Crippen LogP contribution in [0.2, 0.25) is 8.67 Å². The number of nitrogens with zero attached hydrogens (tertiary/aromatic N) is 1. The Kier molecular flexibility index (Phi) is 5.05. The van der Waals surface area contributed by atoms with Gasteiger partial charge in [-0.05, 0) is 25.5 Å². The van der Waals surface area contributed by atoms with Gasteiger partial charge in [0.2, 0.25) is 0 Å². The van der Waals surface area contributed by atoms with Crippen LogP contribution in [0.4, 0.5) is 0 Å². The average molecular weight is 282 g/mol. The van der Waals surface area contributed by atoms with Crippen molar-refractivity contribution < 1.29 is 9.90 Å². The van der Waals surface area contributed by atoms with Crippen molar-refractivity contribution in [2.24, 2.45) is 0 Å². The van der Waals surface area contributed by atoms with E-state index in [1.165, 1.54) is 11.3 Å². The van der Waals surface area contributed by atoms with Crippen molar-refractivity contribution in [3.63, 3.8) is 0 Å². The van der Waals surface area contributed by atoms with E-state index in [0.29, 0.717) is 15.2 Å². The molecular formula is C10H13Cl2NO2S. The van der Waals surface area contributed by atoms with Crippen LogP contribution in [-0.4, -0.2) is 28.6 Å². The molecule has 6 heteroatoms. The molecule has 0 radical (unpaired) electrons. The number of carbonyl (C=O) groups is 1. The lowest BCUT2D eigenvalue weighted by molar-refractivity contribution is -0.138. The third-order valence-corrected chi connectivity index (χ3v) is 3.74. The van der Waals surface area contributed by atoms with Crippen LogP contribution in [0.3, 0.4) is 0 Å². The van der Waals surface area contributed by atoms with Gasteiger partial charge in [0.25, 0.3) is 0 Å². The first kappa shape index (κ1) is 13.8. The molecule has 1 heterocycles. The summed E-state index contributed by atoms with van der Waals surface area (Å²) in [5, 5.41) is 8.79. The number of carboxylic acid groups (broad SMARTS) is 1. The maximum Gasteiger partial charge on any atom is 0.317 e. The minimum Gasteiger partial charge on any atom is -0.480 e. The minimum absolute atomic E-state index is 0.00145. The Morgan fingerprint density at radius 2 is 2.19 bits per heavy atom. The van der Waals surface area contributed by atoms with Gasteiger partial charge in [0.15, 0.2) is 0 Å². The van der Waals surface area contributed by atoms with Gasteiger partial charge in [-0.3, -0.25) is 9.69 Å². The zero-order chi connectivity index (χ0) is 12.3. The van der Waals surface area contributed by atoms with Crippen LogP contribution < -0.4 is 0 Å². The summed E-state index contributed by atoms with van der Waals surface area (Å²) in [4.78, 5) is 12.5. The normalized spacial score (nSPS) is 11.4. The molecule has 0 saturated heterocycles. The highest BCUT2D eigenvalue weighted by Crippen LogP contribution is 2.32. The number of carboxylic acids is 1. The first-order valence-corrected chi connectivity index (χ1v) is 6.37. The topological polar surface area (TPSA) is 40.5 Å². The number of hydrogen-bond donors (Lipinski definition) is 1. The molecule has 0 atom stereocenters. The molecular weight excluding hydrogens is 269 g/mol. The molecule has 1 rings (SSSR count). The fraction of sp³-hybridized carbons (Fsp3) is 0.500. The first-order chi connectivity index (χ1) is 7.40. The smallest absolute Gasteiger partial charge is 0.317 e. The maximum absolute atomic E-state index is 10.7. The van der Waals surface area contributed by atoms with Crippen LogP contribution in [0.15, 0.2) is 6.07 Å². The van der Waals surface area contributed by atoms with Gasteiger partial charge in [-0.15, -0.1) is 11.3 Å². The van der Waals surface area contributed by atoms with Gasteiger partial charge >= 0.3 is 5.97 Å². The summed E-state index contributed by atoms with van der Waals surface area (Å²) in [6.45, 7) is 4.41. The molecule has 0 aliphatic heterocycles. The van der Waals surface area contributed by atoms with Gasteiger partial charge in [-0.25, -0.2) is 0 Å². The third kappa shape index (κ3) is 3.94. The first-order valence-electron chi connectivity index (χ1n) is 4.79. The van der Waals surface area contributed by atoms with Gasteiger partial charge in [0.05, 0.1) is 15.2 Å². The largest absolute Gasteiger partial charge is 0.480 e.